The summed E-state index contributed by atoms with van der Waals surface area (Å²) in [5.74, 6) is -0.665. The van der Waals surface area contributed by atoms with E-state index < -0.39 is 16.0 Å². The van der Waals surface area contributed by atoms with Crippen LogP contribution < -0.4 is 0 Å². The Morgan fingerprint density at radius 2 is 1.47 bits per heavy atom. The fraction of sp³-hybridized carbons (Fsp3) is 0.231. The molecule has 8 heteroatoms. The molecule has 1 aliphatic rings. The van der Waals surface area contributed by atoms with E-state index in [0.717, 1.165) is 16.7 Å². The van der Waals surface area contributed by atoms with Crippen LogP contribution in [0.4, 0.5) is 0 Å². The van der Waals surface area contributed by atoms with Gasteiger partial charge in [-0.3, -0.25) is 4.79 Å². The lowest BCUT2D eigenvalue weighted by atomic mass is 10.0. The van der Waals surface area contributed by atoms with Crippen molar-refractivity contribution < 1.29 is 22.7 Å². The van der Waals surface area contributed by atoms with Crippen LogP contribution in [0, 0.1) is 0 Å². The van der Waals surface area contributed by atoms with E-state index in [1.165, 1.54) is 35.5 Å². The van der Waals surface area contributed by atoms with Gasteiger partial charge in [-0.15, -0.1) is 0 Å². The summed E-state index contributed by atoms with van der Waals surface area (Å²) >= 11 is 0. The Bertz CT molecular complexity index is 1270. The number of hydrogen-bond acceptors (Lipinski definition) is 5. The Balaban J connectivity index is 1.39. The van der Waals surface area contributed by atoms with Gasteiger partial charge in [0.05, 0.1) is 10.5 Å². The molecular weight excluding hydrogens is 452 g/mol. The van der Waals surface area contributed by atoms with Crippen LogP contribution in [0.5, 0.6) is 0 Å². The highest BCUT2D eigenvalue weighted by molar-refractivity contribution is 7.89. The fourth-order valence-electron chi connectivity index (χ4n) is 3.83. The minimum Gasteiger partial charge on any atom is -0.457 e. The first kappa shape index (κ1) is 23.7. The molecule has 7 nitrogen and oxygen atoms in total. The molecule has 176 valence electrons. The molecule has 1 saturated heterocycles. The second-order valence-electron chi connectivity index (χ2n) is 8.08. The highest BCUT2D eigenvalue weighted by Crippen LogP contribution is 2.21. The van der Waals surface area contributed by atoms with E-state index in [2.05, 4.69) is 0 Å². The minimum atomic E-state index is -3.78. The van der Waals surface area contributed by atoms with Gasteiger partial charge in [-0.2, -0.15) is 4.31 Å². The number of rotatable bonds is 6. The molecule has 3 aromatic carbocycles. The number of carbonyl (C=O) groups excluding carboxylic acids is 2. The van der Waals surface area contributed by atoms with E-state index in [1.54, 1.807) is 4.90 Å². The second-order valence-corrected chi connectivity index (χ2v) is 10.0. The number of nitrogens with zero attached hydrogens (tertiary/aromatic N) is 2. The van der Waals surface area contributed by atoms with Gasteiger partial charge in [-0.1, -0.05) is 60.7 Å². The normalized spacial score (nSPS) is 14.6. The zero-order chi connectivity index (χ0) is 24.1. The summed E-state index contributed by atoms with van der Waals surface area (Å²) in [5.41, 5.74) is 3.17. The van der Waals surface area contributed by atoms with Gasteiger partial charge in [-0.25, -0.2) is 13.2 Å². The summed E-state index contributed by atoms with van der Waals surface area (Å²) in [4.78, 5) is 25.8. The first-order valence-corrected chi connectivity index (χ1v) is 12.5. The van der Waals surface area contributed by atoms with Crippen molar-refractivity contribution in [2.45, 2.75) is 18.4 Å². The minimum absolute atomic E-state index is 0.0328. The molecule has 34 heavy (non-hydrogen) atoms. The monoisotopic (exact) mass is 478 g/mol. The van der Waals surface area contributed by atoms with Crippen LogP contribution in [-0.4, -0.2) is 55.7 Å². The van der Waals surface area contributed by atoms with Crippen molar-refractivity contribution in [3.63, 3.8) is 0 Å². The summed E-state index contributed by atoms with van der Waals surface area (Å²) in [6.07, 6.45) is 0. The van der Waals surface area contributed by atoms with Crippen molar-refractivity contribution in [1.82, 2.24) is 9.21 Å². The van der Waals surface area contributed by atoms with Crippen LogP contribution in [0.15, 0.2) is 83.8 Å². The van der Waals surface area contributed by atoms with Crippen molar-refractivity contribution in [3.8, 4) is 11.1 Å². The van der Waals surface area contributed by atoms with Gasteiger partial charge in [0.15, 0.2) is 0 Å². The zero-order valence-electron chi connectivity index (χ0n) is 18.9. The number of hydrogen-bond donors (Lipinski definition) is 0. The lowest BCUT2D eigenvalue weighted by molar-refractivity contribution is -0.129. The van der Waals surface area contributed by atoms with Gasteiger partial charge in [0.2, 0.25) is 15.9 Å². The molecule has 1 amide bonds. The standard InChI is InChI=1S/C26H26N2O5S/c1-20(29)27-14-16-28(17-15-27)34(31,32)25-9-5-8-24(18-25)26(30)33-19-21-10-12-23(13-11-21)22-6-3-2-4-7-22/h2-13,18H,14-17,19H2,1H3. The maximum Gasteiger partial charge on any atom is 0.338 e. The highest BCUT2D eigenvalue weighted by atomic mass is 32.2. The predicted octanol–water partition coefficient (Wildman–Crippen LogP) is 3.56. The molecule has 0 aromatic heterocycles. The first-order valence-electron chi connectivity index (χ1n) is 11.0. The number of ether oxygens (including phenoxy) is 1. The molecule has 0 bridgehead atoms. The van der Waals surface area contributed by atoms with Crippen LogP contribution in [0.1, 0.15) is 22.8 Å². The molecule has 0 N–H and O–H groups in total. The van der Waals surface area contributed by atoms with Gasteiger partial charge in [0.25, 0.3) is 0 Å². The van der Waals surface area contributed by atoms with Gasteiger partial charge < -0.3 is 9.64 Å². The average Bonchev–Trinajstić information content (AvgIpc) is 2.88. The van der Waals surface area contributed by atoms with E-state index in [0.29, 0.717) is 13.1 Å². The van der Waals surface area contributed by atoms with Crippen molar-refractivity contribution in [3.05, 3.63) is 90.0 Å². The summed E-state index contributed by atoms with van der Waals surface area (Å²) < 4.78 is 32.8. The molecule has 0 saturated carbocycles. The lowest BCUT2D eigenvalue weighted by Crippen LogP contribution is -2.49. The molecule has 4 rings (SSSR count). The van der Waals surface area contributed by atoms with Crippen molar-refractivity contribution >= 4 is 21.9 Å². The highest BCUT2D eigenvalue weighted by Gasteiger charge is 2.29. The van der Waals surface area contributed by atoms with E-state index in [-0.39, 0.29) is 36.1 Å². The Hall–Kier alpha value is -3.49. The molecule has 0 unspecified atom stereocenters. The van der Waals surface area contributed by atoms with Gasteiger partial charge in [-0.05, 0) is 34.9 Å². The quantitative estimate of drug-likeness (QED) is 0.506. The number of sulfonamides is 1. The topological polar surface area (TPSA) is 84.0 Å². The predicted molar refractivity (Wildman–Crippen MR) is 128 cm³/mol. The van der Waals surface area contributed by atoms with Crippen LogP contribution in [0.25, 0.3) is 11.1 Å². The maximum absolute atomic E-state index is 13.0. The molecule has 1 fully saturated rings. The first-order chi connectivity index (χ1) is 16.3. The Morgan fingerprint density at radius 1 is 0.824 bits per heavy atom. The molecule has 3 aromatic rings. The summed E-state index contributed by atoms with van der Waals surface area (Å²) in [6, 6.07) is 23.6. The van der Waals surface area contributed by atoms with E-state index >= 15 is 0 Å². The van der Waals surface area contributed by atoms with Gasteiger partial charge in [0.1, 0.15) is 6.61 Å². The van der Waals surface area contributed by atoms with E-state index in [1.807, 2.05) is 54.6 Å². The fourth-order valence-corrected chi connectivity index (χ4v) is 5.30. The van der Waals surface area contributed by atoms with E-state index in [4.69, 9.17) is 4.74 Å². The summed E-state index contributed by atoms with van der Waals surface area (Å²) in [6.45, 7) is 2.68. The third-order valence-electron chi connectivity index (χ3n) is 5.82. The molecule has 1 heterocycles. The Morgan fingerprint density at radius 3 is 2.12 bits per heavy atom. The second kappa shape index (κ2) is 10.2. The van der Waals surface area contributed by atoms with Crippen LogP contribution in [0.3, 0.4) is 0 Å². The van der Waals surface area contributed by atoms with Crippen molar-refractivity contribution in [2.75, 3.05) is 26.2 Å². The third kappa shape index (κ3) is 5.35. The molecule has 0 atom stereocenters. The number of piperazine rings is 1. The molecular formula is C26H26N2O5S. The zero-order valence-corrected chi connectivity index (χ0v) is 19.7. The SMILES string of the molecule is CC(=O)N1CCN(S(=O)(=O)c2cccc(C(=O)OCc3ccc(-c4ccccc4)cc3)c2)CC1. The molecule has 1 aliphatic heterocycles. The largest absolute Gasteiger partial charge is 0.457 e. The van der Waals surface area contributed by atoms with E-state index in [9.17, 15) is 18.0 Å². The molecule has 0 radical (unpaired) electrons. The number of carbonyl (C=O) groups is 2. The van der Waals surface area contributed by atoms with Crippen molar-refractivity contribution in [2.24, 2.45) is 0 Å². The Labute approximate surface area is 199 Å². The lowest BCUT2D eigenvalue weighted by Gasteiger charge is -2.33. The van der Waals surface area contributed by atoms with Gasteiger partial charge in [0, 0.05) is 33.1 Å². The summed E-state index contributed by atoms with van der Waals surface area (Å²) in [7, 11) is -3.78. The molecule has 0 aliphatic carbocycles. The van der Waals surface area contributed by atoms with Crippen molar-refractivity contribution in [1.29, 1.82) is 0 Å². The number of amides is 1. The molecule has 0 spiro atoms. The smallest absolute Gasteiger partial charge is 0.338 e. The average molecular weight is 479 g/mol. The van der Waals surface area contributed by atoms with Crippen LogP contribution >= 0.6 is 0 Å². The van der Waals surface area contributed by atoms with Crippen LogP contribution in [0.2, 0.25) is 0 Å². The maximum atomic E-state index is 13.0. The third-order valence-corrected chi connectivity index (χ3v) is 7.72. The van der Waals surface area contributed by atoms with Gasteiger partial charge >= 0.3 is 5.97 Å². The number of benzene rings is 3. The van der Waals surface area contributed by atoms with Crippen LogP contribution in [-0.2, 0) is 26.2 Å². The Kier molecular flexibility index (Phi) is 7.09. The summed E-state index contributed by atoms with van der Waals surface area (Å²) in [5, 5.41) is 0. The number of esters is 1.